The third-order valence-corrected chi connectivity index (χ3v) is 4.29. The van der Waals surface area contributed by atoms with Crippen molar-refractivity contribution in [2.24, 2.45) is 5.10 Å². The molecule has 30 heavy (non-hydrogen) atoms. The molecule has 0 unspecified atom stereocenters. The number of hydrogen-bond acceptors (Lipinski definition) is 4. The zero-order valence-corrected chi connectivity index (χ0v) is 19.1. The van der Waals surface area contributed by atoms with Crippen LogP contribution in [0.3, 0.4) is 0 Å². The smallest absolute Gasteiger partial charge is 0.284 e. The number of pyridine rings is 1. The van der Waals surface area contributed by atoms with Gasteiger partial charge in [0.15, 0.2) is 0 Å². The molecule has 1 radical (unpaired) electrons. The van der Waals surface area contributed by atoms with Crippen molar-refractivity contribution in [3.63, 3.8) is 0 Å². The van der Waals surface area contributed by atoms with E-state index >= 15 is 0 Å². The van der Waals surface area contributed by atoms with Crippen LogP contribution in [0.25, 0.3) is 11.3 Å². The van der Waals surface area contributed by atoms with Gasteiger partial charge in [0.2, 0.25) is 0 Å². The second-order valence-corrected chi connectivity index (χ2v) is 6.30. The Morgan fingerprint density at radius 1 is 1.03 bits per heavy atom. The summed E-state index contributed by atoms with van der Waals surface area (Å²) in [5.74, 6) is -0.178. The first kappa shape index (κ1) is 23.2. The summed E-state index contributed by atoms with van der Waals surface area (Å²) < 4.78 is 0. The van der Waals surface area contributed by atoms with E-state index < -0.39 is 0 Å². The molecule has 4 rings (SSSR count). The Morgan fingerprint density at radius 3 is 2.33 bits per heavy atom. The van der Waals surface area contributed by atoms with E-state index in [1.165, 1.54) is 5.01 Å². The van der Waals surface area contributed by atoms with Gasteiger partial charge in [-0.25, -0.2) is 0 Å². The molecule has 5 nitrogen and oxygen atoms in total. The van der Waals surface area contributed by atoms with Gasteiger partial charge in [0, 0.05) is 32.7 Å². The molecule has 1 aromatic heterocycles. The van der Waals surface area contributed by atoms with E-state index in [0.717, 1.165) is 11.3 Å². The fourth-order valence-electron chi connectivity index (χ4n) is 2.83. The van der Waals surface area contributed by atoms with E-state index in [-0.39, 0.29) is 31.8 Å². The van der Waals surface area contributed by atoms with Gasteiger partial charge in [0.05, 0.1) is 11.4 Å². The average molecular weight is 577 g/mol. The molecular formula is C24H22IrN3O2-. The first-order valence-corrected chi connectivity index (χ1v) is 9.37. The van der Waals surface area contributed by atoms with Crippen LogP contribution in [-0.2, 0) is 24.9 Å². The molecular weight excluding hydrogens is 554 g/mol. The minimum atomic E-state index is -0.270. The Labute approximate surface area is 190 Å². The standard InChI is InChI=1S/C13H14N2O2.C11H8N.Ir/c1-3-11(16)12-9(2)14-15(13(12)17)10-7-5-4-6-8-10;1-2-6-10(7-3-1)11-8-4-5-9-12-11;/h4-8,16H,3H2,1-2H3;1-6,8-9H;/q;-1;. The van der Waals surface area contributed by atoms with Gasteiger partial charge in [-0.1, -0.05) is 37.3 Å². The largest absolute Gasteiger partial charge is 0.511 e. The van der Waals surface area contributed by atoms with Crippen molar-refractivity contribution in [2.45, 2.75) is 20.3 Å². The van der Waals surface area contributed by atoms with Gasteiger partial charge in [-0.15, -0.1) is 35.9 Å². The zero-order valence-electron chi connectivity index (χ0n) is 16.7. The van der Waals surface area contributed by atoms with Crippen LogP contribution < -0.4 is 5.01 Å². The molecule has 0 atom stereocenters. The molecule has 6 heteroatoms. The number of aromatic nitrogens is 1. The summed E-state index contributed by atoms with van der Waals surface area (Å²) in [4.78, 5) is 16.3. The number of aliphatic hydroxyl groups excluding tert-OH is 1. The Hall–Kier alpha value is -3.08. The van der Waals surface area contributed by atoms with Gasteiger partial charge in [-0.05, 0) is 30.8 Å². The molecule has 0 fully saturated rings. The molecule has 2 heterocycles. The molecule has 2 aromatic carbocycles. The summed E-state index contributed by atoms with van der Waals surface area (Å²) in [5.41, 5.74) is 3.58. The maximum atomic E-state index is 12.1. The van der Waals surface area contributed by atoms with Gasteiger partial charge < -0.3 is 10.1 Å². The number of hydrazone groups is 1. The van der Waals surface area contributed by atoms with Crippen LogP contribution in [0.5, 0.6) is 0 Å². The third-order valence-electron chi connectivity index (χ3n) is 4.29. The van der Waals surface area contributed by atoms with Gasteiger partial charge in [-0.2, -0.15) is 10.1 Å². The number of carbonyl (C=O) groups is 1. The number of nitrogens with zero attached hydrogens (tertiary/aromatic N) is 3. The number of hydrogen-bond donors (Lipinski definition) is 1. The summed E-state index contributed by atoms with van der Waals surface area (Å²) in [7, 11) is 0. The quantitative estimate of drug-likeness (QED) is 0.266. The normalized spacial score (nSPS) is 14.3. The van der Waals surface area contributed by atoms with Crippen LogP contribution in [0.4, 0.5) is 5.69 Å². The predicted molar refractivity (Wildman–Crippen MR) is 115 cm³/mol. The molecule has 1 amide bonds. The number of amides is 1. The molecule has 3 aromatic rings. The summed E-state index contributed by atoms with van der Waals surface area (Å²) in [6.07, 6.45) is 2.22. The van der Waals surface area contributed by atoms with Crippen molar-refractivity contribution in [3.05, 3.63) is 96.4 Å². The summed E-state index contributed by atoms with van der Waals surface area (Å²) >= 11 is 0. The molecule has 0 spiro atoms. The minimum absolute atomic E-state index is 0. The Kier molecular flexibility index (Phi) is 8.66. The van der Waals surface area contributed by atoms with E-state index in [1.807, 2.05) is 60.7 Å². The Balaban J connectivity index is 0.000000218. The first-order valence-electron chi connectivity index (χ1n) is 9.37. The molecule has 0 bridgehead atoms. The monoisotopic (exact) mass is 577 g/mol. The summed E-state index contributed by atoms with van der Waals surface area (Å²) in [5, 5.41) is 15.2. The Bertz CT molecular complexity index is 983. The number of aliphatic hydroxyl groups is 1. The molecule has 1 aliphatic rings. The fraction of sp³-hybridized carbons (Fsp3) is 0.125. The van der Waals surface area contributed by atoms with Gasteiger partial charge in [0.1, 0.15) is 11.3 Å². The number of anilines is 1. The van der Waals surface area contributed by atoms with E-state index in [0.29, 0.717) is 23.4 Å². The van der Waals surface area contributed by atoms with E-state index in [1.54, 1.807) is 32.2 Å². The van der Waals surface area contributed by atoms with E-state index in [9.17, 15) is 9.90 Å². The predicted octanol–water partition coefficient (Wildman–Crippen LogP) is 5.18. The average Bonchev–Trinajstić information content (AvgIpc) is 3.09. The summed E-state index contributed by atoms with van der Waals surface area (Å²) in [6, 6.07) is 26.0. The van der Waals surface area contributed by atoms with Crippen LogP contribution in [0.1, 0.15) is 20.3 Å². The van der Waals surface area contributed by atoms with Crippen molar-refractivity contribution in [1.82, 2.24) is 4.98 Å². The second-order valence-electron chi connectivity index (χ2n) is 6.30. The van der Waals surface area contributed by atoms with E-state index in [2.05, 4.69) is 16.2 Å². The van der Waals surface area contributed by atoms with E-state index in [4.69, 9.17) is 0 Å². The zero-order chi connectivity index (χ0) is 20.6. The van der Waals surface area contributed by atoms with Crippen LogP contribution >= 0.6 is 0 Å². The molecule has 0 saturated carbocycles. The van der Waals surface area contributed by atoms with Crippen molar-refractivity contribution in [3.8, 4) is 11.3 Å². The van der Waals surface area contributed by atoms with Gasteiger partial charge in [-0.3, -0.25) is 4.79 Å². The second kappa shape index (κ2) is 11.2. The fourth-order valence-corrected chi connectivity index (χ4v) is 2.83. The van der Waals surface area contributed by atoms with Crippen LogP contribution in [0, 0.1) is 6.07 Å². The molecule has 1 aliphatic heterocycles. The topological polar surface area (TPSA) is 65.8 Å². The molecule has 155 valence electrons. The SMILES string of the molecule is CCC(O)=C1C(=O)N(c2ccccc2)N=C1C.[Ir].[c-]1ccccc1-c1ccccn1. The van der Waals surface area contributed by atoms with Crippen LogP contribution in [0.15, 0.2) is 95.4 Å². The number of rotatable bonds is 3. The van der Waals surface area contributed by atoms with Crippen LogP contribution in [0.2, 0.25) is 0 Å². The van der Waals surface area contributed by atoms with Crippen molar-refractivity contribution < 1.29 is 30.0 Å². The van der Waals surface area contributed by atoms with Crippen molar-refractivity contribution >= 4 is 17.3 Å². The maximum Gasteiger partial charge on any atom is 0.284 e. The van der Waals surface area contributed by atoms with Crippen molar-refractivity contribution in [1.29, 1.82) is 0 Å². The molecule has 0 aliphatic carbocycles. The number of benzene rings is 2. The first-order chi connectivity index (χ1) is 14.1. The minimum Gasteiger partial charge on any atom is -0.511 e. The molecule has 1 N–H and O–H groups in total. The number of para-hydroxylation sites is 1. The number of allylic oxidation sites excluding steroid dienone is 1. The number of carbonyl (C=O) groups excluding carboxylic acids is 1. The van der Waals surface area contributed by atoms with Gasteiger partial charge in [0.25, 0.3) is 5.91 Å². The van der Waals surface area contributed by atoms with Crippen molar-refractivity contribution in [2.75, 3.05) is 5.01 Å². The Morgan fingerprint density at radius 2 is 1.73 bits per heavy atom. The maximum absolute atomic E-state index is 12.1. The molecule has 0 saturated heterocycles. The summed E-state index contributed by atoms with van der Waals surface area (Å²) in [6.45, 7) is 3.52. The van der Waals surface area contributed by atoms with Gasteiger partial charge >= 0.3 is 0 Å². The van der Waals surface area contributed by atoms with Crippen LogP contribution in [-0.4, -0.2) is 21.7 Å². The third kappa shape index (κ3) is 5.50.